The number of fused-ring (bicyclic) bond motifs is 2. The molecule has 8 nitrogen and oxygen atoms in total. The molecule has 11 heteroatoms. The summed E-state index contributed by atoms with van der Waals surface area (Å²) in [7, 11) is 0. The van der Waals surface area contributed by atoms with Crippen LogP contribution >= 0.6 is 23.1 Å². The number of amides is 2. The molecule has 1 N–H and O–H groups in total. The lowest BCUT2D eigenvalue weighted by Crippen LogP contribution is -2.32. The molecular formula is C24H19FN2O6S2. The maximum atomic E-state index is 13.6. The van der Waals surface area contributed by atoms with E-state index < -0.39 is 40.7 Å². The minimum Gasteiger partial charge on any atom is -0.482 e. The van der Waals surface area contributed by atoms with Gasteiger partial charge >= 0.3 is 10.8 Å². The molecule has 1 aromatic heterocycles. The molecule has 1 saturated heterocycles. The second kappa shape index (κ2) is 9.31. The van der Waals surface area contributed by atoms with Gasteiger partial charge in [0.15, 0.2) is 6.61 Å². The predicted octanol–water partition coefficient (Wildman–Crippen LogP) is 3.31. The summed E-state index contributed by atoms with van der Waals surface area (Å²) in [5.41, 5.74) is 0.957. The number of esters is 1. The molecule has 35 heavy (non-hydrogen) atoms. The van der Waals surface area contributed by atoms with Gasteiger partial charge in [-0.3, -0.25) is 14.4 Å². The average Bonchev–Trinajstić information content (AvgIpc) is 3.33. The largest absolute Gasteiger partial charge is 0.482 e. The topological polar surface area (TPSA) is 106 Å². The van der Waals surface area contributed by atoms with Crippen molar-refractivity contribution < 1.29 is 28.2 Å². The number of carbonyl (C=O) groups is 3. The summed E-state index contributed by atoms with van der Waals surface area (Å²) < 4.78 is 23.9. The van der Waals surface area contributed by atoms with Crippen LogP contribution in [-0.2, 0) is 19.1 Å². The number of carbonyl (C=O) groups excluding carboxylic acids is 3. The van der Waals surface area contributed by atoms with Gasteiger partial charge in [0.2, 0.25) is 11.8 Å². The van der Waals surface area contributed by atoms with Gasteiger partial charge in [0.05, 0.1) is 23.2 Å². The van der Waals surface area contributed by atoms with E-state index in [0.29, 0.717) is 26.9 Å². The molecule has 2 aliphatic rings. The Balaban J connectivity index is 1.53. The molecule has 0 bridgehead atoms. The van der Waals surface area contributed by atoms with E-state index in [1.165, 1.54) is 24.3 Å². The normalized spacial score (nSPS) is 21.0. The van der Waals surface area contributed by atoms with Crippen molar-refractivity contribution in [1.29, 1.82) is 0 Å². The number of H-pyrrole nitrogens is 1. The standard InChI is InChI=1S/C24H19FN2O6S2/c1-2-32-16(28)11-33-15-5-3-4-12(10-15)17-18-20(34-21-19(17)35-24(31)26-21)23(30)27(22(18)29)14-8-6-13(25)7-9-14/h3-10,17-18,20H,2,11H2,1H3,(H,26,31)/t17-,18-,20+/m0/s1. The van der Waals surface area contributed by atoms with E-state index in [9.17, 15) is 23.6 Å². The van der Waals surface area contributed by atoms with E-state index in [1.54, 1.807) is 31.2 Å². The average molecular weight is 515 g/mol. The first-order chi connectivity index (χ1) is 16.9. The quantitative estimate of drug-likeness (QED) is 0.397. The number of nitrogens with one attached hydrogen (secondary N) is 1. The summed E-state index contributed by atoms with van der Waals surface area (Å²) in [5, 5.41) is -0.217. The summed E-state index contributed by atoms with van der Waals surface area (Å²) in [5.74, 6) is -2.81. The van der Waals surface area contributed by atoms with Gasteiger partial charge in [0.1, 0.15) is 16.8 Å². The van der Waals surface area contributed by atoms with Crippen molar-refractivity contribution in [3.05, 3.63) is 74.5 Å². The smallest absolute Gasteiger partial charge is 0.344 e. The number of anilines is 1. The molecule has 3 aromatic rings. The summed E-state index contributed by atoms with van der Waals surface area (Å²) in [6.45, 7) is 1.66. The summed E-state index contributed by atoms with van der Waals surface area (Å²) in [6.07, 6.45) is 0. The number of thiazole rings is 1. The molecule has 0 aliphatic carbocycles. The summed E-state index contributed by atoms with van der Waals surface area (Å²) in [4.78, 5) is 55.1. The Labute approximate surface area is 207 Å². The van der Waals surface area contributed by atoms with Gasteiger partial charge in [-0.05, 0) is 48.9 Å². The van der Waals surface area contributed by atoms with Crippen LogP contribution in [0.25, 0.3) is 0 Å². The fraction of sp³-hybridized carbons (Fsp3) is 0.250. The van der Waals surface area contributed by atoms with Crippen molar-refractivity contribution in [2.75, 3.05) is 18.1 Å². The molecule has 0 radical (unpaired) electrons. The van der Waals surface area contributed by atoms with Crippen LogP contribution in [0.3, 0.4) is 0 Å². The Morgan fingerprint density at radius 2 is 1.89 bits per heavy atom. The summed E-state index contributed by atoms with van der Waals surface area (Å²) in [6, 6.07) is 12.1. The molecule has 1 fully saturated rings. The van der Waals surface area contributed by atoms with Gasteiger partial charge in [0.25, 0.3) is 0 Å². The SMILES string of the molecule is CCOC(=O)COc1cccc([C@@H]2c3sc(=O)[nH]c3S[C@H]3C(=O)N(c4ccc(F)cc4)C(=O)[C@@H]23)c1. The number of thioether (sulfide) groups is 1. The van der Waals surface area contributed by atoms with Crippen LogP contribution in [0.2, 0.25) is 0 Å². The first-order valence-electron chi connectivity index (χ1n) is 10.8. The Morgan fingerprint density at radius 3 is 2.63 bits per heavy atom. The molecule has 0 spiro atoms. The number of imide groups is 1. The third-order valence-electron chi connectivity index (χ3n) is 5.79. The third-order valence-corrected chi connectivity index (χ3v) is 8.19. The van der Waals surface area contributed by atoms with Crippen LogP contribution in [0.15, 0.2) is 58.4 Å². The van der Waals surface area contributed by atoms with Gasteiger partial charge in [0, 0.05) is 10.8 Å². The van der Waals surface area contributed by atoms with Crippen molar-refractivity contribution in [2.24, 2.45) is 5.92 Å². The van der Waals surface area contributed by atoms with Crippen molar-refractivity contribution >= 4 is 46.6 Å². The Morgan fingerprint density at radius 1 is 1.11 bits per heavy atom. The van der Waals surface area contributed by atoms with E-state index >= 15 is 0 Å². The first-order valence-corrected chi connectivity index (χ1v) is 12.5. The van der Waals surface area contributed by atoms with Crippen molar-refractivity contribution in [1.82, 2.24) is 4.98 Å². The lowest BCUT2D eigenvalue weighted by atomic mass is 9.83. The van der Waals surface area contributed by atoms with Crippen LogP contribution in [0.1, 0.15) is 23.3 Å². The maximum absolute atomic E-state index is 13.6. The zero-order valence-corrected chi connectivity index (χ0v) is 20.0. The summed E-state index contributed by atoms with van der Waals surface area (Å²) >= 11 is 2.16. The molecule has 3 atom stereocenters. The number of benzene rings is 2. The first kappa shape index (κ1) is 23.3. The Kier molecular flexibility index (Phi) is 6.20. The molecule has 0 unspecified atom stereocenters. The minimum atomic E-state index is -0.781. The van der Waals surface area contributed by atoms with Crippen LogP contribution in [0, 0.1) is 11.7 Å². The molecule has 3 heterocycles. The number of hydrogen-bond acceptors (Lipinski definition) is 8. The number of nitrogens with zero attached hydrogens (tertiary/aromatic N) is 1. The van der Waals surface area contributed by atoms with Crippen LogP contribution in [0.4, 0.5) is 10.1 Å². The highest BCUT2D eigenvalue weighted by Gasteiger charge is 2.56. The third kappa shape index (κ3) is 4.25. The van der Waals surface area contributed by atoms with Gasteiger partial charge in [-0.15, -0.1) is 0 Å². The van der Waals surface area contributed by atoms with Gasteiger partial charge in [-0.25, -0.2) is 14.1 Å². The van der Waals surface area contributed by atoms with E-state index in [1.807, 2.05) is 0 Å². The van der Waals surface area contributed by atoms with E-state index in [0.717, 1.165) is 28.0 Å². The van der Waals surface area contributed by atoms with Crippen molar-refractivity contribution in [3.8, 4) is 5.75 Å². The van der Waals surface area contributed by atoms with Crippen LogP contribution < -0.4 is 14.5 Å². The molecule has 5 rings (SSSR count). The molecule has 180 valence electrons. The monoisotopic (exact) mass is 514 g/mol. The van der Waals surface area contributed by atoms with Gasteiger partial charge in [-0.1, -0.05) is 35.2 Å². The number of ether oxygens (including phenoxy) is 2. The van der Waals surface area contributed by atoms with E-state index in [-0.39, 0.29) is 18.1 Å². The number of rotatable bonds is 6. The lowest BCUT2D eigenvalue weighted by molar-refractivity contribution is -0.145. The number of aromatic amines is 1. The number of halogens is 1. The Hall–Kier alpha value is -3.44. The van der Waals surface area contributed by atoms with Crippen molar-refractivity contribution in [2.45, 2.75) is 23.1 Å². The second-order valence-corrected chi connectivity index (χ2v) is 10.1. The number of aromatic nitrogens is 1. The van der Waals surface area contributed by atoms with Crippen LogP contribution in [-0.4, -0.2) is 41.2 Å². The number of hydrogen-bond donors (Lipinski definition) is 1. The van der Waals surface area contributed by atoms with Gasteiger partial charge < -0.3 is 14.5 Å². The fourth-order valence-corrected chi connectivity index (χ4v) is 6.88. The lowest BCUT2D eigenvalue weighted by Gasteiger charge is -2.30. The van der Waals surface area contributed by atoms with Gasteiger partial charge in [-0.2, -0.15) is 0 Å². The molecular weight excluding hydrogens is 495 g/mol. The fourth-order valence-electron chi connectivity index (χ4n) is 4.36. The molecule has 0 saturated carbocycles. The maximum Gasteiger partial charge on any atom is 0.344 e. The highest BCUT2D eigenvalue weighted by molar-refractivity contribution is 8.00. The highest BCUT2D eigenvalue weighted by Crippen LogP contribution is 2.53. The second-order valence-electron chi connectivity index (χ2n) is 7.90. The zero-order chi connectivity index (χ0) is 24.7. The van der Waals surface area contributed by atoms with Crippen molar-refractivity contribution in [3.63, 3.8) is 0 Å². The molecule has 2 aromatic carbocycles. The minimum absolute atomic E-state index is 0.237. The highest BCUT2D eigenvalue weighted by atomic mass is 32.2. The predicted molar refractivity (Wildman–Crippen MR) is 127 cm³/mol. The molecule has 2 aliphatic heterocycles. The Bertz CT molecular complexity index is 1370. The van der Waals surface area contributed by atoms with E-state index in [2.05, 4.69) is 4.98 Å². The zero-order valence-electron chi connectivity index (χ0n) is 18.4. The molecule has 2 amide bonds. The van der Waals surface area contributed by atoms with E-state index in [4.69, 9.17) is 9.47 Å². The van der Waals surface area contributed by atoms with Crippen LogP contribution in [0.5, 0.6) is 5.75 Å².